The second-order valence-electron chi connectivity index (χ2n) is 5.73. The Labute approximate surface area is 128 Å². The fourth-order valence-electron chi connectivity index (χ4n) is 2.82. The lowest BCUT2D eigenvalue weighted by Crippen LogP contribution is -2.03. The predicted octanol–water partition coefficient (Wildman–Crippen LogP) is 5.35. The van der Waals surface area contributed by atoms with Crippen molar-refractivity contribution >= 4 is 11.8 Å². The van der Waals surface area contributed by atoms with Crippen molar-refractivity contribution in [2.45, 2.75) is 45.4 Å². The molecule has 1 aliphatic rings. The van der Waals surface area contributed by atoms with Crippen LogP contribution in [0.1, 0.15) is 50.3 Å². The second-order valence-corrected chi connectivity index (χ2v) is 5.73. The Morgan fingerprint density at radius 3 is 2.81 bits per heavy atom. The number of nitrogens with one attached hydrogen (secondary N) is 1. The minimum Gasteiger partial charge on any atom is -0.355 e. The van der Waals surface area contributed by atoms with Crippen LogP contribution < -0.4 is 5.32 Å². The molecule has 0 unspecified atom stereocenters. The molecule has 112 valence electrons. The molecule has 0 saturated heterocycles. The first kappa shape index (κ1) is 15.6. The third-order valence-electron chi connectivity index (χ3n) is 4.09. The van der Waals surface area contributed by atoms with Gasteiger partial charge in [-0.2, -0.15) is 0 Å². The van der Waals surface area contributed by atoms with Gasteiger partial charge in [0, 0.05) is 11.4 Å². The maximum absolute atomic E-state index is 4.56. The molecule has 1 N–H and O–H groups in total. The van der Waals surface area contributed by atoms with E-state index in [9.17, 15) is 0 Å². The predicted molar refractivity (Wildman–Crippen MR) is 92.2 cm³/mol. The molecule has 21 heavy (non-hydrogen) atoms. The molecule has 0 aromatic carbocycles. The van der Waals surface area contributed by atoms with Gasteiger partial charge in [0.15, 0.2) is 0 Å². The average molecular weight is 282 g/mol. The summed E-state index contributed by atoms with van der Waals surface area (Å²) >= 11 is 0. The minimum atomic E-state index is 0.739. The van der Waals surface area contributed by atoms with Crippen LogP contribution in [0.25, 0.3) is 6.08 Å². The van der Waals surface area contributed by atoms with E-state index in [1.165, 1.54) is 37.7 Å². The van der Waals surface area contributed by atoms with Gasteiger partial charge in [-0.1, -0.05) is 51.5 Å². The largest absolute Gasteiger partial charge is 0.355 e. The van der Waals surface area contributed by atoms with Crippen molar-refractivity contribution < 1.29 is 0 Å². The molecular weight excluding hydrogens is 256 g/mol. The summed E-state index contributed by atoms with van der Waals surface area (Å²) in [6.45, 7) is 9.75. The molecule has 1 aromatic rings. The number of allylic oxidation sites excluding steroid dienone is 2. The van der Waals surface area contributed by atoms with E-state index in [4.69, 9.17) is 0 Å². The summed E-state index contributed by atoms with van der Waals surface area (Å²) in [6.07, 6.45) is 16.0. The molecule has 0 spiro atoms. The van der Waals surface area contributed by atoms with E-state index in [1.54, 1.807) is 6.08 Å². The molecule has 1 heterocycles. The molecule has 0 amide bonds. The van der Waals surface area contributed by atoms with Crippen LogP contribution in [0.3, 0.4) is 0 Å². The van der Waals surface area contributed by atoms with Gasteiger partial charge in [-0.05, 0) is 42.9 Å². The van der Waals surface area contributed by atoms with E-state index in [0.717, 1.165) is 29.4 Å². The van der Waals surface area contributed by atoms with E-state index < -0.39 is 0 Å². The summed E-state index contributed by atoms with van der Waals surface area (Å²) in [4.78, 5) is 4.56. The molecule has 0 radical (unpaired) electrons. The number of rotatable bonds is 6. The second kappa shape index (κ2) is 7.82. The van der Waals surface area contributed by atoms with Gasteiger partial charge in [-0.3, -0.25) is 4.98 Å². The summed E-state index contributed by atoms with van der Waals surface area (Å²) in [6, 6.07) is 2.15. The third kappa shape index (κ3) is 4.59. The number of pyridine rings is 1. The zero-order valence-electron chi connectivity index (χ0n) is 13.1. The van der Waals surface area contributed by atoms with Gasteiger partial charge < -0.3 is 5.32 Å². The Bertz CT molecular complexity index is 522. The van der Waals surface area contributed by atoms with Crippen LogP contribution in [0.4, 0.5) is 5.69 Å². The number of aryl methyl sites for hydroxylation is 1. The number of nitrogens with zero attached hydrogens (tertiary/aromatic N) is 1. The number of hydrogen-bond acceptors (Lipinski definition) is 2. The highest BCUT2D eigenvalue weighted by Gasteiger charge is 2.10. The van der Waals surface area contributed by atoms with E-state index in [-0.39, 0.29) is 0 Å². The van der Waals surface area contributed by atoms with Crippen molar-refractivity contribution in [3.05, 3.63) is 54.5 Å². The van der Waals surface area contributed by atoms with Crippen molar-refractivity contribution in [1.29, 1.82) is 0 Å². The Balaban J connectivity index is 2.14. The average Bonchev–Trinajstić information content (AvgIpc) is 2.54. The van der Waals surface area contributed by atoms with Crippen molar-refractivity contribution in [3.63, 3.8) is 0 Å². The zero-order valence-corrected chi connectivity index (χ0v) is 13.1. The maximum Gasteiger partial charge on any atom is 0.0576 e. The lowest BCUT2D eigenvalue weighted by Gasteiger charge is -2.18. The lowest BCUT2D eigenvalue weighted by molar-refractivity contribution is 0.420. The molecule has 1 saturated carbocycles. The van der Waals surface area contributed by atoms with Gasteiger partial charge in [0.2, 0.25) is 0 Å². The summed E-state index contributed by atoms with van der Waals surface area (Å²) < 4.78 is 0. The van der Waals surface area contributed by atoms with Crippen molar-refractivity contribution in [2.75, 3.05) is 5.32 Å². The quantitative estimate of drug-likeness (QED) is 0.711. The number of aromatic nitrogens is 1. The maximum atomic E-state index is 4.56. The normalized spacial score (nSPS) is 16.0. The van der Waals surface area contributed by atoms with Crippen LogP contribution in [-0.2, 0) is 6.42 Å². The Morgan fingerprint density at radius 2 is 2.14 bits per heavy atom. The molecule has 2 nitrogen and oxygen atoms in total. The van der Waals surface area contributed by atoms with E-state index in [1.807, 2.05) is 6.20 Å². The third-order valence-corrected chi connectivity index (χ3v) is 4.09. The van der Waals surface area contributed by atoms with Crippen LogP contribution in [0.15, 0.2) is 43.3 Å². The first-order valence-electron chi connectivity index (χ1n) is 7.98. The van der Waals surface area contributed by atoms with Gasteiger partial charge in [0.25, 0.3) is 0 Å². The fraction of sp³-hybridized carbons (Fsp3) is 0.421. The molecule has 1 aliphatic carbocycles. The van der Waals surface area contributed by atoms with Crippen LogP contribution in [-0.4, -0.2) is 4.98 Å². The molecule has 0 aliphatic heterocycles. The monoisotopic (exact) mass is 282 g/mol. The summed E-state index contributed by atoms with van der Waals surface area (Å²) in [5, 5.41) is 3.21. The topological polar surface area (TPSA) is 24.9 Å². The highest BCUT2D eigenvalue weighted by Crippen LogP contribution is 2.26. The van der Waals surface area contributed by atoms with Crippen LogP contribution in [0.5, 0.6) is 0 Å². The highest BCUT2D eigenvalue weighted by atomic mass is 14.9. The summed E-state index contributed by atoms with van der Waals surface area (Å²) in [5.74, 6) is 0.739. The highest BCUT2D eigenvalue weighted by molar-refractivity contribution is 5.60. The molecule has 1 aromatic heterocycles. The van der Waals surface area contributed by atoms with Gasteiger partial charge in [-0.25, -0.2) is 0 Å². The first-order valence-corrected chi connectivity index (χ1v) is 7.98. The van der Waals surface area contributed by atoms with Crippen LogP contribution in [0, 0.1) is 5.92 Å². The van der Waals surface area contributed by atoms with Gasteiger partial charge >= 0.3 is 0 Å². The fourth-order valence-corrected chi connectivity index (χ4v) is 2.82. The summed E-state index contributed by atoms with van der Waals surface area (Å²) in [7, 11) is 0. The first-order chi connectivity index (χ1) is 10.2. The van der Waals surface area contributed by atoms with E-state index >= 15 is 0 Å². The van der Waals surface area contributed by atoms with Gasteiger partial charge in [0.1, 0.15) is 0 Å². The zero-order chi connectivity index (χ0) is 15.1. The molecule has 0 atom stereocenters. The molecule has 0 bridgehead atoms. The standard InChI is InChI=1S/C19H26N2/c1-4-15(3)21-18-13-17(19(5-2)20-14-18)12-11-16-9-7-6-8-10-16/h4,11-14,16,21H,1,3,5-10H2,2H3/b12-11+. The Morgan fingerprint density at radius 1 is 1.38 bits per heavy atom. The minimum absolute atomic E-state index is 0.739. The van der Waals surface area contributed by atoms with Crippen molar-refractivity contribution in [2.24, 2.45) is 5.92 Å². The SMILES string of the molecule is C=CC(=C)Nc1cnc(CC)c(/C=C/C2CCCCC2)c1. The Kier molecular flexibility index (Phi) is 5.79. The van der Waals surface area contributed by atoms with E-state index in [0.29, 0.717) is 0 Å². The molecule has 1 fully saturated rings. The van der Waals surface area contributed by atoms with Gasteiger partial charge in [0.05, 0.1) is 11.9 Å². The lowest BCUT2D eigenvalue weighted by atomic mass is 9.88. The summed E-state index contributed by atoms with van der Waals surface area (Å²) in [5.41, 5.74) is 4.13. The van der Waals surface area contributed by atoms with Crippen LogP contribution >= 0.6 is 0 Å². The molecule has 2 rings (SSSR count). The van der Waals surface area contributed by atoms with E-state index in [2.05, 4.69) is 48.6 Å². The smallest absolute Gasteiger partial charge is 0.0576 e. The van der Waals surface area contributed by atoms with Crippen LogP contribution in [0.2, 0.25) is 0 Å². The van der Waals surface area contributed by atoms with Crippen molar-refractivity contribution in [1.82, 2.24) is 4.98 Å². The molecular formula is C19H26N2. The Hall–Kier alpha value is -1.83. The molecule has 2 heteroatoms. The number of hydrogen-bond donors (Lipinski definition) is 1. The van der Waals surface area contributed by atoms with Crippen molar-refractivity contribution in [3.8, 4) is 0 Å². The number of anilines is 1. The van der Waals surface area contributed by atoms with Gasteiger partial charge in [-0.15, -0.1) is 0 Å².